The van der Waals surface area contributed by atoms with E-state index in [2.05, 4.69) is 43.4 Å². The Kier molecular flexibility index (Phi) is 30.9. The maximum absolute atomic E-state index is 13.7. The lowest BCUT2D eigenvalue weighted by Crippen LogP contribution is -2.55. The highest BCUT2D eigenvalue weighted by molar-refractivity contribution is 7.47. The number of rotatable bonds is 23. The summed E-state index contributed by atoms with van der Waals surface area (Å²) < 4.78 is 34.6. The second kappa shape index (κ2) is 34.4. The number of carbonyl (C=O) groups is 3. The highest BCUT2D eigenvalue weighted by atomic mass is 31.2. The van der Waals surface area contributed by atoms with E-state index in [1.807, 2.05) is 6.92 Å². The van der Waals surface area contributed by atoms with E-state index in [0.717, 1.165) is 63.9 Å². The summed E-state index contributed by atoms with van der Waals surface area (Å²) in [5.74, 6) is -5.17. The monoisotopic (exact) mass is 957 g/mol. The van der Waals surface area contributed by atoms with Gasteiger partial charge < -0.3 is 50.1 Å². The van der Waals surface area contributed by atoms with Gasteiger partial charge in [0.2, 0.25) is 0 Å². The zero-order chi connectivity index (χ0) is 48.7. The fraction of sp³-hybridized carbons (Fsp3) is 0.735. The number of Topliss-reactive ketones (excluding diaryl/α,β-unsaturated/α-hetero) is 1. The van der Waals surface area contributed by atoms with Gasteiger partial charge >= 0.3 is 19.8 Å². The smallest absolute Gasteiger partial charge is 0.462 e. The Morgan fingerprint density at radius 3 is 2.11 bits per heavy atom. The van der Waals surface area contributed by atoms with Crippen molar-refractivity contribution in [3.63, 3.8) is 0 Å². The average Bonchev–Trinajstić information content (AvgIpc) is 3.28. The molecule has 378 valence electrons. The van der Waals surface area contributed by atoms with Crippen LogP contribution in [0.3, 0.4) is 0 Å². The van der Waals surface area contributed by atoms with Crippen LogP contribution < -0.4 is 0 Å². The molecule has 0 radical (unpaired) electrons. The van der Waals surface area contributed by atoms with Crippen LogP contribution in [0.15, 0.2) is 60.8 Å². The van der Waals surface area contributed by atoms with Gasteiger partial charge in [0, 0.05) is 25.2 Å². The summed E-state index contributed by atoms with van der Waals surface area (Å²) in [5.41, 5.74) is 0. The quantitative estimate of drug-likeness (QED) is 0.0241. The van der Waals surface area contributed by atoms with E-state index in [0.29, 0.717) is 25.7 Å². The van der Waals surface area contributed by atoms with Crippen LogP contribution in [-0.4, -0.2) is 127 Å². The van der Waals surface area contributed by atoms with Crippen molar-refractivity contribution in [1.82, 2.24) is 0 Å². The molecule has 1 fully saturated rings. The van der Waals surface area contributed by atoms with Crippen molar-refractivity contribution >= 4 is 25.5 Å². The predicted molar refractivity (Wildman–Crippen MR) is 250 cm³/mol. The molecular weight excluding hydrogens is 875 g/mol. The van der Waals surface area contributed by atoms with Crippen molar-refractivity contribution in [2.24, 2.45) is 11.8 Å². The second-order valence-corrected chi connectivity index (χ2v) is 18.8. The fourth-order valence-corrected chi connectivity index (χ4v) is 8.62. The lowest BCUT2D eigenvalue weighted by atomic mass is 9.83. The van der Waals surface area contributed by atoms with Crippen molar-refractivity contribution in [1.29, 1.82) is 0 Å². The molecule has 0 spiro atoms. The van der Waals surface area contributed by atoms with E-state index in [9.17, 15) is 59.6 Å². The number of phosphoric acid groups is 1. The van der Waals surface area contributed by atoms with Gasteiger partial charge in [-0.3, -0.25) is 23.4 Å². The van der Waals surface area contributed by atoms with Crippen LogP contribution in [0, 0.1) is 11.8 Å². The summed E-state index contributed by atoms with van der Waals surface area (Å²) in [6.07, 6.45) is 13.9. The fourth-order valence-electron chi connectivity index (χ4n) is 7.65. The van der Waals surface area contributed by atoms with Crippen LogP contribution in [0.25, 0.3) is 0 Å². The molecular formula is C49H81O16P. The predicted octanol–water partition coefficient (Wildman–Crippen LogP) is 6.31. The first-order valence-electron chi connectivity index (χ1n) is 24.2. The number of esters is 2. The largest absolute Gasteiger partial charge is 0.472 e. The zero-order valence-corrected chi connectivity index (χ0v) is 40.1. The lowest BCUT2D eigenvalue weighted by Gasteiger charge is -2.36. The molecule has 2 bridgehead atoms. The molecule has 17 heteroatoms. The third-order valence-electron chi connectivity index (χ3n) is 11.7. The van der Waals surface area contributed by atoms with E-state index in [1.54, 1.807) is 12.2 Å². The van der Waals surface area contributed by atoms with Crippen molar-refractivity contribution in [2.45, 2.75) is 204 Å². The van der Waals surface area contributed by atoms with Crippen molar-refractivity contribution in [2.75, 3.05) is 13.2 Å². The minimum absolute atomic E-state index is 0.0749. The lowest BCUT2D eigenvalue weighted by molar-refractivity contribution is -0.166. The maximum Gasteiger partial charge on any atom is 0.472 e. The first kappa shape index (κ1) is 59.3. The highest BCUT2D eigenvalue weighted by Crippen LogP contribution is 2.47. The summed E-state index contributed by atoms with van der Waals surface area (Å²) in [7, 11) is -5.47. The van der Waals surface area contributed by atoms with Gasteiger partial charge in [0.15, 0.2) is 6.10 Å². The number of unbranched alkanes of at least 4 members (excludes halogenated alkanes) is 9. The van der Waals surface area contributed by atoms with Crippen LogP contribution in [0.5, 0.6) is 0 Å². The number of fused-ring (bicyclic) bond motifs is 4. The van der Waals surface area contributed by atoms with Gasteiger partial charge in [-0.25, -0.2) is 4.57 Å². The third-order valence-corrected chi connectivity index (χ3v) is 12.7. The van der Waals surface area contributed by atoms with Gasteiger partial charge in [0.05, 0.1) is 36.9 Å². The Balaban J connectivity index is 2.12. The number of carbonyl (C=O) groups excluding carboxylic acids is 3. The molecule has 1 aliphatic carbocycles. The Morgan fingerprint density at radius 2 is 1.42 bits per heavy atom. The number of hydrogen-bond donors (Lipinski definition) is 8. The Labute approximate surface area is 392 Å². The summed E-state index contributed by atoms with van der Waals surface area (Å²) in [6, 6.07) is 0. The van der Waals surface area contributed by atoms with E-state index in [4.69, 9.17) is 18.5 Å². The number of cyclic esters (lactones) is 1. The normalized spacial score (nSPS) is 31.3. The number of allylic oxidation sites excluding steroid dienone is 8. The third kappa shape index (κ3) is 24.4. The number of ketones is 1. The molecule has 0 aromatic heterocycles. The van der Waals surface area contributed by atoms with Gasteiger partial charge in [-0.1, -0.05) is 120 Å². The molecule has 1 saturated carbocycles. The van der Waals surface area contributed by atoms with E-state index in [-0.39, 0.29) is 25.7 Å². The summed E-state index contributed by atoms with van der Waals surface area (Å²) in [5, 5.41) is 78.3. The van der Waals surface area contributed by atoms with Crippen LogP contribution in [0.4, 0.5) is 0 Å². The molecule has 2 aliphatic rings. The van der Waals surface area contributed by atoms with Crippen LogP contribution in [-0.2, 0) is 37.5 Å². The number of aliphatic hydroxyl groups excluding tert-OH is 7. The zero-order valence-electron chi connectivity index (χ0n) is 39.2. The summed E-state index contributed by atoms with van der Waals surface area (Å²) in [4.78, 5) is 50.1. The van der Waals surface area contributed by atoms with Crippen LogP contribution >= 0.6 is 7.82 Å². The topological polar surface area (TPSA) is 267 Å². The number of hydrogen-bond acceptors (Lipinski definition) is 15. The van der Waals surface area contributed by atoms with Gasteiger partial charge in [0.25, 0.3) is 0 Å². The minimum atomic E-state index is -5.47. The first-order chi connectivity index (χ1) is 31.6. The molecule has 0 amide bonds. The SMILES string of the molecule is CCCCC/C=C\C/C=C\C/C=C\CCCCCCC(=O)OC[C@@H]1COP(=O)(O)O[C@H]2[C@H](O)[C@@H](O)[C@H](O)[C@@H](C/C=C\CCCC(=O)O1)[C@@H](O)CC(=O)[C@H](/C=C/[C@@H](O)CCCCC)[C@@H](O)[C@H]2O. The Morgan fingerprint density at radius 1 is 0.803 bits per heavy atom. The first-order valence-corrected chi connectivity index (χ1v) is 25.7. The molecule has 8 N–H and O–H groups in total. The van der Waals surface area contributed by atoms with Gasteiger partial charge in [-0.05, 0) is 70.6 Å². The second-order valence-electron chi connectivity index (χ2n) is 17.4. The molecule has 2 rings (SSSR count). The summed E-state index contributed by atoms with van der Waals surface area (Å²) in [6.45, 7) is 2.74. The molecule has 1 unspecified atom stereocenters. The Hall–Kier alpha value is -2.86. The number of ether oxygens (including phenoxy) is 2. The molecule has 16 nitrogen and oxygen atoms in total. The van der Waals surface area contributed by atoms with Crippen LogP contribution in [0.2, 0.25) is 0 Å². The van der Waals surface area contributed by atoms with Crippen molar-refractivity contribution in [3.05, 3.63) is 60.8 Å². The standard InChI is InChI=1S/C49H81O16P/c1-3-5-7-8-9-10-11-12-13-14-15-16-17-18-19-20-25-29-42(53)62-34-37-35-63-66(60,61)65-49-47(58)45(56)39(32-31-36(50)27-23-6-4-2)41(52)33-40(51)38(44(55)46(57)48(49)59)28-24-21-22-26-30-43(54)64-37/h9-10,12-13,15-16,21,24,31-32,36-40,44-51,55-59H,3-8,11,14,17-20,22-23,25-30,33-35H2,1-2H3,(H,60,61)/b10-9-,13-12-,16-15-,24-21-,32-31+/t36-,37+,38-,39-,40-,44+,45+,46-,47+,48+,49+/m0/s1. The van der Waals surface area contributed by atoms with E-state index >= 15 is 0 Å². The number of phosphoric ester groups is 1. The van der Waals surface area contributed by atoms with Gasteiger partial charge in [-0.2, -0.15) is 0 Å². The van der Waals surface area contributed by atoms with Gasteiger partial charge in [0.1, 0.15) is 36.8 Å². The molecule has 12 atom stereocenters. The van der Waals surface area contributed by atoms with Crippen molar-refractivity contribution < 1.29 is 78.1 Å². The maximum atomic E-state index is 13.7. The molecule has 1 aliphatic heterocycles. The molecule has 0 aromatic rings. The number of aliphatic hydroxyl groups is 7. The molecule has 0 saturated heterocycles. The van der Waals surface area contributed by atoms with Crippen molar-refractivity contribution in [3.8, 4) is 0 Å². The molecule has 1 heterocycles. The highest BCUT2D eigenvalue weighted by Gasteiger charge is 2.49. The van der Waals surface area contributed by atoms with Gasteiger partial charge in [-0.15, -0.1) is 0 Å². The molecule has 66 heavy (non-hydrogen) atoms. The van der Waals surface area contributed by atoms with E-state index in [1.165, 1.54) is 25.3 Å². The minimum Gasteiger partial charge on any atom is -0.462 e. The summed E-state index contributed by atoms with van der Waals surface area (Å²) >= 11 is 0. The van der Waals surface area contributed by atoms with E-state index < -0.39 is 112 Å². The molecule has 0 aromatic carbocycles. The average molecular weight is 957 g/mol. The Bertz CT molecular complexity index is 1560. The van der Waals surface area contributed by atoms with Crippen LogP contribution in [0.1, 0.15) is 149 Å².